The van der Waals surface area contributed by atoms with Gasteiger partial charge in [-0.15, -0.1) is 0 Å². The first kappa shape index (κ1) is 21.0. The van der Waals surface area contributed by atoms with Crippen LogP contribution in [0.1, 0.15) is 37.1 Å². The molecule has 0 atom stereocenters. The summed E-state index contributed by atoms with van der Waals surface area (Å²) in [5.74, 6) is -0.802. The summed E-state index contributed by atoms with van der Waals surface area (Å²) in [6.45, 7) is 5.28. The van der Waals surface area contributed by atoms with Crippen LogP contribution in [0.3, 0.4) is 0 Å². The third-order valence-electron chi connectivity index (χ3n) is 4.28. The number of nitrogens with zero attached hydrogens (tertiary/aromatic N) is 4. The van der Waals surface area contributed by atoms with Crippen molar-refractivity contribution in [2.45, 2.75) is 39.4 Å². The van der Waals surface area contributed by atoms with Crippen molar-refractivity contribution >= 4 is 20.6 Å². The molecule has 29 heavy (non-hydrogen) atoms. The second-order valence-electron chi connectivity index (χ2n) is 7.52. The minimum atomic E-state index is -3.77. The van der Waals surface area contributed by atoms with Crippen LogP contribution >= 0.6 is 0 Å². The highest BCUT2D eigenvalue weighted by Gasteiger charge is 2.37. The Morgan fingerprint density at radius 1 is 1.41 bits per heavy atom. The van der Waals surface area contributed by atoms with Crippen LogP contribution in [-0.4, -0.2) is 40.3 Å². The SMILES string of the molecule is Cc1nn(C)cc1C(CS(=O)(=O)C1=NOC(C)(C)C1)=NOCc1cccc(F)c1. The number of benzene rings is 1. The standard InChI is InChI=1S/C19H23FN4O4S/c1-13-16(10-24(4)21-13)17(22-27-11-14-6-5-7-15(20)8-14)12-29(25,26)18-9-19(2,3)28-23-18/h5-8,10H,9,11-12H2,1-4H3. The molecule has 8 nitrogen and oxygen atoms in total. The Morgan fingerprint density at radius 2 is 2.17 bits per heavy atom. The Hall–Kier alpha value is -2.75. The number of sulfone groups is 1. The molecule has 0 N–H and O–H groups in total. The highest BCUT2D eigenvalue weighted by Crippen LogP contribution is 2.25. The molecule has 3 rings (SSSR count). The fraction of sp³-hybridized carbons (Fsp3) is 0.421. The Balaban J connectivity index is 1.84. The zero-order chi connectivity index (χ0) is 21.2. The highest BCUT2D eigenvalue weighted by molar-refractivity contribution is 8.07. The lowest BCUT2D eigenvalue weighted by Gasteiger charge is -2.13. The van der Waals surface area contributed by atoms with Crippen LogP contribution in [0.5, 0.6) is 0 Å². The molecule has 10 heteroatoms. The topological polar surface area (TPSA) is 95.1 Å². The largest absolute Gasteiger partial charge is 0.391 e. The number of hydrogen-bond acceptors (Lipinski definition) is 7. The first-order valence-electron chi connectivity index (χ1n) is 8.97. The van der Waals surface area contributed by atoms with Crippen molar-refractivity contribution in [2.75, 3.05) is 5.75 Å². The lowest BCUT2D eigenvalue weighted by atomic mass is 10.1. The van der Waals surface area contributed by atoms with Crippen LogP contribution in [0.2, 0.25) is 0 Å². The summed E-state index contributed by atoms with van der Waals surface area (Å²) in [4.78, 5) is 10.5. The Morgan fingerprint density at radius 3 is 2.76 bits per heavy atom. The van der Waals surface area contributed by atoms with Crippen LogP contribution in [0.4, 0.5) is 4.39 Å². The third kappa shape index (κ3) is 5.20. The number of rotatable bonds is 6. The zero-order valence-electron chi connectivity index (χ0n) is 16.7. The molecule has 1 aliphatic heterocycles. The van der Waals surface area contributed by atoms with Gasteiger partial charge in [0.25, 0.3) is 0 Å². The maximum atomic E-state index is 13.3. The van der Waals surface area contributed by atoms with E-state index in [2.05, 4.69) is 15.4 Å². The van der Waals surface area contributed by atoms with E-state index in [-0.39, 0.29) is 29.6 Å². The van der Waals surface area contributed by atoms with Gasteiger partial charge in [-0.1, -0.05) is 22.4 Å². The summed E-state index contributed by atoms with van der Waals surface area (Å²) in [5, 5.41) is 12.0. The molecule has 156 valence electrons. The molecule has 1 aromatic carbocycles. The number of oxime groups is 2. The van der Waals surface area contributed by atoms with E-state index < -0.39 is 21.2 Å². The van der Waals surface area contributed by atoms with Crippen molar-refractivity contribution in [3.8, 4) is 0 Å². The summed E-state index contributed by atoms with van der Waals surface area (Å²) in [5.41, 5.74) is 1.26. The number of halogens is 1. The van der Waals surface area contributed by atoms with E-state index in [4.69, 9.17) is 9.68 Å². The molecule has 2 aromatic rings. The molecule has 0 bridgehead atoms. The van der Waals surface area contributed by atoms with Gasteiger partial charge in [0, 0.05) is 25.2 Å². The average molecular weight is 422 g/mol. The maximum absolute atomic E-state index is 13.3. The summed E-state index contributed by atoms with van der Waals surface area (Å²) < 4.78 is 40.6. The average Bonchev–Trinajstić information content (AvgIpc) is 3.15. The van der Waals surface area contributed by atoms with Gasteiger partial charge in [-0.3, -0.25) is 4.68 Å². The summed E-state index contributed by atoms with van der Waals surface area (Å²) >= 11 is 0. The second kappa shape index (κ2) is 7.94. The quantitative estimate of drug-likeness (QED) is 0.527. The third-order valence-corrected chi connectivity index (χ3v) is 5.87. The van der Waals surface area contributed by atoms with E-state index in [1.165, 1.54) is 12.1 Å². The minimum Gasteiger partial charge on any atom is -0.391 e. The minimum absolute atomic E-state index is 0.00228. The van der Waals surface area contributed by atoms with Crippen molar-refractivity contribution in [3.63, 3.8) is 0 Å². The van der Waals surface area contributed by atoms with Crippen molar-refractivity contribution in [1.82, 2.24) is 9.78 Å². The lowest BCUT2D eigenvalue weighted by molar-refractivity contribution is 0.0123. The van der Waals surface area contributed by atoms with Gasteiger partial charge in [0.15, 0.2) is 5.04 Å². The van der Waals surface area contributed by atoms with Crippen molar-refractivity contribution < 1.29 is 22.5 Å². The van der Waals surface area contributed by atoms with Crippen LogP contribution in [-0.2, 0) is 33.2 Å². The first-order chi connectivity index (χ1) is 13.6. The van der Waals surface area contributed by atoms with Crippen LogP contribution < -0.4 is 0 Å². The highest BCUT2D eigenvalue weighted by atomic mass is 32.2. The fourth-order valence-electron chi connectivity index (χ4n) is 2.88. The van der Waals surface area contributed by atoms with Crippen molar-refractivity contribution in [1.29, 1.82) is 0 Å². The Bertz CT molecular complexity index is 1070. The lowest BCUT2D eigenvalue weighted by Crippen LogP contribution is -2.27. The molecular weight excluding hydrogens is 399 g/mol. The van der Waals surface area contributed by atoms with Gasteiger partial charge >= 0.3 is 0 Å². The normalized spacial score (nSPS) is 16.4. The Kier molecular flexibility index (Phi) is 5.74. The number of aromatic nitrogens is 2. The summed E-state index contributed by atoms with van der Waals surface area (Å²) in [6, 6.07) is 5.91. The van der Waals surface area contributed by atoms with Gasteiger partial charge in [0.2, 0.25) is 9.84 Å². The Labute approximate surface area is 168 Å². The molecule has 0 unspecified atom stereocenters. The predicted molar refractivity (Wildman–Crippen MR) is 107 cm³/mol. The number of hydrogen-bond donors (Lipinski definition) is 0. The predicted octanol–water partition coefficient (Wildman–Crippen LogP) is 2.72. The fourth-order valence-corrected chi connectivity index (χ4v) is 4.33. The molecule has 0 aliphatic carbocycles. The summed E-state index contributed by atoms with van der Waals surface area (Å²) in [6.07, 6.45) is 1.85. The van der Waals surface area contributed by atoms with Gasteiger partial charge in [-0.2, -0.15) is 5.10 Å². The number of aryl methyl sites for hydroxylation is 2. The van der Waals surface area contributed by atoms with Gasteiger partial charge in [0.05, 0.1) is 5.69 Å². The maximum Gasteiger partial charge on any atom is 0.200 e. The van der Waals surface area contributed by atoms with Crippen molar-refractivity contribution in [3.05, 3.63) is 53.1 Å². The van der Waals surface area contributed by atoms with Crippen LogP contribution in [0, 0.1) is 12.7 Å². The van der Waals surface area contributed by atoms with E-state index in [0.29, 0.717) is 16.8 Å². The first-order valence-corrected chi connectivity index (χ1v) is 10.6. The zero-order valence-corrected chi connectivity index (χ0v) is 17.5. The smallest absolute Gasteiger partial charge is 0.200 e. The van der Waals surface area contributed by atoms with E-state index in [1.807, 2.05) is 0 Å². The molecule has 0 fully saturated rings. The van der Waals surface area contributed by atoms with Gasteiger partial charge in [-0.25, -0.2) is 12.8 Å². The van der Waals surface area contributed by atoms with Gasteiger partial charge < -0.3 is 9.68 Å². The molecule has 1 aliphatic rings. The molecule has 1 aromatic heterocycles. The monoisotopic (exact) mass is 422 g/mol. The van der Waals surface area contributed by atoms with Crippen LogP contribution in [0.25, 0.3) is 0 Å². The van der Waals surface area contributed by atoms with Gasteiger partial charge in [0.1, 0.15) is 29.5 Å². The van der Waals surface area contributed by atoms with Crippen molar-refractivity contribution in [2.24, 2.45) is 17.4 Å². The summed E-state index contributed by atoms with van der Waals surface area (Å²) in [7, 11) is -2.04. The second-order valence-corrected chi connectivity index (χ2v) is 9.50. The molecule has 0 amide bonds. The molecule has 2 heterocycles. The molecule has 0 spiro atoms. The van der Waals surface area contributed by atoms with Gasteiger partial charge in [-0.05, 0) is 38.5 Å². The molecule has 0 saturated carbocycles. The molecular formula is C19H23FN4O4S. The molecule has 0 saturated heterocycles. The van der Waals surface area contributed by atoms with E-state index in [0.717, 1.165) is 0 Å². The van der Waals surface area contributed by atoms with E-state index >= 15 is 0 Å². The van der Waals surface area contributed by atoms with E-state index in [9.17, 15) is 12.8 Å². The van der Waals surface area contributed by atoms with E-state index in [1.54, 1.807) is 50.8 Å². The van der Waals surface area contributed by atoms with Crippen LogP contribution in [0.15, 0.2) is 40.8 Å². The molecule has 0 radical (unpaired) electrons.